The van der Waals surface area contributed by atoms with Crippen molar-refractivity contribution in [2.24, 2.45) is 13.0 Å². The third kappa shape index (κ3) is 5.60. The van der Waals surface area contributed by atoms with Crippen molar-refractivity contribution in [2.45, 2.75) is 45.7 Å². The summed E-state index contributed by atoms with van der Waals surface area (Å²) in [5.74, 6) is 2.00. The molecule has 3 rings (SSSR count). The molecule has 146 valence electrons. The van der Waals surface area contributed by atoms with E-state index in [4.69, 9.17) is 0 Å². The number of piperidine rings is 1. The second-order valence-electron chi connectivity index (χ2n) is 7.35. The molecular formula is C20H28FN5O. The van der Waals surface area contributed by atoms with Crippen LogP contribution in [0.15, 0.2) is 24.3 Å². The number of hydrogen-bond acceptors (Lipinski definition) is 4. The molecule has 1 aromatic heterocycles. The van der Waals surface area contributed by atoms with Crippen LogP contribution in [0.25, 0.3) is 0 Å². The maximum atomic E-state index is 13.6. The molecule has 0 aliphatic carbocycles. The lowest BCUT2D eigenvalue weighted by molar-refractivity contribution is -0.121. The summed E-state index contributed by atoms with van der Waals surface area (Å²) >= 11 is 0. The first kappa shape index (κ1) is 19.5. The van der Waals surface area contributed by atoms with Crippen LogP contribution in [0.3, 0.4) is 0 Å². The van der Waals surface area contributed by atoms with E-state index in [1.807, 2.05) is 18.7 Å². The average Bonchev–Trinajstić information content (AvgIpc) is 2.96. The smallest absolute Gasteiger partial charge is 0.220 e. The number of benzene rings is 1. The molecule has 1 unspecified atom stereocenters. The highest BCUT2D eigenvalue weighted by Gasteiger charge is 2.22. The van der Waals surface area contributed by atoms with E-state index < -0.39 is 0 Å². The van der Waals surface area contributed by atoms with Gasteiger partial charge in [-0.05, 0) is 44.7 Å². The lowest BCUT2D eigenvalue weighted by Gasteiger charge is -2.32. The Morgan fingerprint density at radius 3 is 2.93 bits per heavy atom. The highest BCUT2D eigenvalue weighted by molar-refractivity contribution is 5.75. The highest BCUT2D eigenvalue weighted by atomic mass is 19.1. The van der Waals surface area contributed by atoms with Crippen LogP contribution in [-0.2, 0) is 24.9 Å². The summed E-state index contributed by atoms with van der Waals surface area (Å²) in [5.41, 5.74) is 0.522. The Morgan fingerprint density at radius 2 is 2.19 bits per heavy atom. The number of halogens is 1. The zero-order valence-electron chi connectivity index (χ0n) is 16.1. The Morgan fingerprint density at radius 1 is 1.37 bits per heavy atom. The number of nitrogens with one attached hydrogen (secondary N) is 1. The summed E-state index contributed by atoms with van der Waals surface area (Å²) in [7, 11) is 1.93. The van der Waals surface area contributed by atoms with Crippen LogP contribution in [-0.4, -0.2) is 38.7 Å². The molecule has 2 aromatic rings. The second-order valence-corrected chi connectivity index (χ2v) is 7.35. The maximum absolute atomic E-state index is 13.6. The van der Waals surface area contributed by atoms with Gasteiger partial charge < -0.3 is 5.32 Å². The van der Waals surface area contributed by atoms with E-state index in [1.54, 1.807) is 18.2 Å². The second kappa shape index (κ2) is 9.08. The molecule has 1 atom stereocenters. The molecule has 1 amide bonds. The molecular weight excluding hydrogens is 345 g/mol. The number of hydrogen-bond donors (Lipinski definition) is 1. The normalized spacial score (nSPS) is 17.8. The largest absolute Gasteiger partial charge is 0.352 e. The van der Waals surface area contributed by atoms with Gasteiger partial charge in [0.15, 0.2) is 0 Å². The molecule has 1 aliphatic rings. The van der Waals surface area contributed by atoms with E-state index in [1.165, 1.54) is 6.07 Å². The van der Waals surface area contributed by atoms with Crippen molar-refractivity contribution in [3.8, 4) is 0 Å². The summed E-state index contributed by atoms with van der Waals surface area (Å²) in [6.07, 6.45) is 3.63. The van der Waals surface area contributed by atoms with Gasteiger partial charge in [0, 0.05) is 32.1 Å². The lowest BCUT2D eigenvalue weighted by Crippen LogP contribution is -2.36. The Balaban J connectivity index is 1.42. The van der Waals surface area contributed by atoms with Gasteiger partial charge in [-0.15, -0.1) is 0 Å². The molecule has 1 saturated heterocycles. The van der Waals surface area contributed by atoms with Gasteiger partial charge in [0.05, 0.1) is 6.54 Å². The number of aryl methyl sites for hydroxylation is 2. The number of aromatic nitrogens is 3. The van der Waals surface area contributed by atoms with E-state index in [0.29, 0.717) is 17.9 Å². The standard InChI is InChI=1S/C20H28FN5O/c1-15-23-19(25(2)24-15)14-26-11-5-6-16(13-26)9-10-20(27)22-12-17-7-3-4-8-18(17)21/h3-4,7-8,16H,5-6,9-14H2,1-2H3,(H,22,27). The van der Waals surface area contributed by atoms with Crippen molar-refractivity contribution < 1.29 is 9.18 Å². The number of rotatable bonds is 7. The number of amides is 1. The number of likely N-dealkylation sites (tertiary alicyclic amines) is 1. The molecule has 1 N–H and O–H groups in total. The molecule has 1 aliphatic heterocycles. The van der Waals surface area contributed by atoms with Gasteiger partial charge >= 0.3 is 0 Å². The molecule has 2 heterocycles. The molecule has 7 heteroatoms. The van der Waals surface area contributed by atoms with E-state index in [9.17, 15) is 9.18 Å². The molecule has 0 spiro atoms. The number of carbonyl (C=O) groups excluding carboxylic acids is 1. The fourth-order valence-corrected chi connectivity index (χ4v) is 3.68. The van der Waals surface area contributed by atoms with Crippen LogP contribution in [0.2, 0.25) is 0 Å². The van der Waals surface area contributed by atoms with Crippen molar-refractivity contribution in [2.75, 3.05) is 13.1 Å². The van der Waals surface area contributed by atoms with E-state index in [-0.39, 0.29) is 18.3 Å². The van der Waals surface area contributed by atoms with Gasteiger partial charge in [0.1, 0.15) is 17.5 Å². The third-order valence-corrected chi connectivity index (χ3v) is 5.14. The minimum Gasteiger partial charge on any atom is -0.352 e. The van der Waals surface area contributed by atoms with Crippen molar-refractivity contribution in [1.82, 2.24) is 25.0 Å². The zero-order chi connectivity index (χ0) is 19.2. The lowest BCUT2D eigenvalue weighted by atomic mass is 9.93. The average molecular weight is 373 g/mol. The summed E-state index contributed by atoms with van der Waals surface area (Å²) in [5, 5.41) is 7.13. The molecule has 0 saturated carbocycles. The van der Waals surface area contributed by atoms with Gasteiger partial charge in [-0.1, -0.05) is 18.2 Å². The minimum absolute atomic E-state index is 0.0145. The van der Waals surface area contributed by atoms with Gasteiger partial charge in [-0.25, -0.2) is 9.37 Å². The van der Waals surface area contributed by atoms with Crippen LogP contribution >= 0.6 is 0 Å². The summed E-state index contributed by atoms with van der Waals surface area (Å²) in [6.45, 7) is 4.98. The van der Waals surface area contributed by atoms with Crippen LogP contribution in [0, 0.1) is 18.7 Å². The highest BCUT2D eigenvalue weighted by Crippen LogP contribution is 2.22. The van der Waals surface area contributed by atoms with Crippen LogP contribution in [0.1, 0.15) is 42.9 Å². The fraction of sp³-hybridized carbons (Fsp3) is 0.550. The Hall–Kier alpha value is -2.28. The summed E-state index contributed by atoms with van der Waals surface area (Å²) in [6, 6.07) is 6.54. The van der Waals surface area contributed by atoms with E-state index in [0.717, 1.165) is 50.5 Å². The van der Waals surface area contributed by atoms with Gasteiger partial charge in [-0.3, -0.25) is 14.4 Å². The van der Waals surface area contributed by atoms with Crippen LogP contribution < -0.4 is 5.32 Å². The Labute approximate surface area is 159 Å². The first-order chi connectivity index (χ1) is 13.0. The molecule has 0 bridgehead atoms. The van der Waals surface area contributed by atoms with E-state index >= 15 is 0 Å². The van der Waals surface area contributed by atoms with Crippen LogP contribution in [0.5, 0.6) is 0 Å². The summed E-state index contributed by atoms with van der Waals surface area (Å²) < 4.78 is 15.4. The minimum atomic E-state index is -0.278. The van der Waals surface area contributed by atoms with Crippen LogP contribution in [0.4, 0.5) is 4.39 Å². The van der Waals surface area contributed by atoms with Crippen molar-refractivity contribution in [3.63, 3.8) is 0 Å². The number of carbonyl (C=O) groups is 1. The van der Waals surface area contributed by atoms with Gasteiger partial charge in [-0.2, -0.15) is 5.10 Å². The molecule has 1 fully saturated rings. The maximum Gasteiger partial charge on any atom is 0.220 e. The molecule has 1 aromatic carbocycles. The van der Waals surface area contributed by atoms with E-state index in [2.05, 4.69) is 20.3 Å². The quantitative estimate of drug-likeness (QED) is 0.810. The fourth-order valence-electron chi connectivity index (χ4n) is 3.68. The summed E-state index contributed by atoms with van der Waals surface area (Å²) in [4.78, 5) is 19.0. The molecule has 0 radical (unpaired) electrons. The SMILES string of the molecule is Cc1nc(CN2CCCC(CCC(=O)NCc3ccccc3F)C2)n(C)n1. The molecule has 27 heavy (non-hydrogen) atoms. The Kier molecular flexibility index (Phi) is 6.55. The topological polar surface area (TPSA) is 63.1 Å². The van der Waals surface area contributed by atoms with Crippen molar-refractivity contribution >= 4 is 5.91 Å². The zero-order valence-corrected chi connectivity index (χ0v) is 16.1. The van der Waals surface area contributed by atoms with Gasteiger partial charge in [0.25, 0.3) is 0 Å². The Bertz CT molecular complexity index is 775. The molecule has 6 nitrogen and oxygen atoms in total. The third-order valence-electron chi connectivity index (χ3n) is 5.14. The predicted octanol–water partition coefficient (Wildman–Crippen LogP) is 2.57. The predicted molar refractivity (Wildman–Crippen MR) is 101 cm³/mol. The monoisotopic (exact) mass is 373 g/mol. The number of nitrogens with zero attached hydrogens (tertiary/aromatic N) is 4. The van der Waals surface area contributed by atoms with Gasteiger partial charge in [0.2, 0.25) is 5.91 Å². The van der Waals surface area contributed by atoms with Crippen molar-refractivity contribution in [1.29, 1.82) is 0 Å². The first-order valence-electron chi connectivity index (χ1n) is 9.60. The first-order valence-corrected chi connectivity index (χ1v) is 9.60. The van der Waals surface area contributed by atoms with Crippen molar-refractivity contribution in [3.05, 3.63) is 47.3 Å².